The average molecular weight is 371 g/mol. The molecule has 2 aliphatic heterocycles. The summed E-state index contributed by atoms with van der Waals surface area (Å²) in [6.07, 6.45) is -2.04. The van der Waals surface area contributed by atoms with E-state index in [0.29, 0.717) is 13.2 Å². The van der Waals surface area contributed by atoms with Crippen LogP contribution < -0.4 is 5.73 Å². The molecule has 27 heavy (non-hydrogen) atoms. The van der Waals surface area contributed by atoms with Crippen LogP contribution in [0.2, 0.25) is 0 Å². The Labute approximate surface area is 159 Å². The molecule has 6 nitrogen and oxygen atoms in total. The third kappa shape index (κ3) is 4.06. The molecule has 6 atom stereocenters. The quantitative estimate of drug-likeness (QED) is 0.870. The van der Waals surface area contributed by atoms with E-state index < -0.39 is 18.6 Å². The number of hydrogen-bond donors (Lipinski definition) is 1. The molecule has 0 bridgehead atoms. The molecule has 144 valence electrons. The van der Waals surface area contributed by atoms with Crippen molar-refractivity contribution in [2.24, 2.45) is 5.73 Å². The third-order valence-corrected chi connectivity index (χ3v) is 4.97. The average Bonchev–Trinajstić information content (AvgIpc) is 2.74. The van der Waals surface area contributed by atoms with Gasteiger partial charge in [-0.2, -0.15) is 0 Å². The van der Waals surface area contributed by atoms with Crippen molar-refractivity contribution in [2.75, 3.05) is 13.7 Å². The van der Waals surface area contributed by atoms with E-state index in [9.17, 15) is 0 Å². The summed E-state index contributed by atoms with van der Waals surface area (Å²) in [5.74, 6) is 0. The van der Waals surface area contributed by atoms with Gasteiger partial charge < -0.3 is 29.4 Å². The second kappa shape index (κ2) is 8.48. The van der Waals surface area contributed by atoms with E-state index in [-0.39, 0.29) is 18.3 Å². The molecule has 2 saturated heterocycles. The van der Waals surface area contributed by atoms with E-state index in [1.54, 1.807) is 7.11 Å². The molecule has 6 heteroatoms. The first-order valence-electron chi connectivity index (χ1n) is 9.17. The van der Waals surface area contributed by atoms with Crippen LogP contribution in [0, 0.1) is 0 Å². The lowest BCUT2D eigenvalue weighted by atomic mass is 9.96. The highest BCUT2D eigenvalue weighted by molar-refractivity contribution is 5.17. The van der Waals surface area contributed by atoms with Gasteiger partial charge in [-0.05, 0) is 5.56 Å². The van der Waals surface area contributed by atoms with Crippen molar-refractivity contribution in [3.05, 3.63) is 71.8 Å². The lowest BCUT2D eigenvalue weighted by Crippen LogP contribution is -2.65. The second-order valence-electron chi connectivity index (χ2n) is 6.79. The summed E-state index contributed by atoms with van der Waals surface area (Å²) in [5, 5.41) is 0. The minimum absolute atomic E-state index is 0.296. The highest BCUT2D eigenvalue weighted by atomic mass is 16.7. The van der Waals surface area contributed by atoms with Crippen molar-refractivity contribution in [3.8, 4) is 0 Å². The summed E-state index contributed by atoms with van der Waals surface area (Å²) in [7, 11) is 1.58. The number of ether oxygens (including phenoxy) is 5. The van der Waals surface area contributed by atoms with Gasteiger partial charge in [-0.3, -0.25) is 0 Å². The molecule has 2 aromatic carbocycles. The van der Waals surface area contributed by atoms with Gasteiger partial charge in [-0.15, -0.1) is 0 Å². The van der Waals surface area contributed by atoms with Crippen LogP contribution in [-0.2, 0) is 30.3 Å². The minimum Gasteiger partial charge on any atom is -0.369 e. The van der Waals surface area contributed by atoms with Crippen molar-refractivity contribution in [3.63, 3.8) is 0 Å². The summed E-state index contributed by atoms with van der Waals surface area (Å²) in [6, 6.07) is 19.4. The van der Waals surface area contributed by atoms with Gasteiger partial charge in [-0.1, -0.05) is 60.7 Å². The molecule has 0 radical (unpaired) electrons. The number of benzene rings is 2. The predicted molar refractivity (Wildman–Crippen MR) is 98.7 cm³/mol. The Morgan fingerprint density at radius 3 is 2.41 bits per heavy atom. The van der Waals surface area contributed by atoms with Crippen molar-refractivity contribution >= 4 is 0 Å². The largest absolute Gasteiger partial charge is 0.369 e. The van der Waals surface area contributed by atoms with Crippen LogP contribution in [0.15, 0.2) is 60.7 Å². The number of fused-ring (bicyclic) bond motifs is 1. The maximum atomic E-state index is 6.39. The molecule has 6 unspecified atom stereocenters. The normalized spacial score (nSPS) is 33.4. The van der Waals surface area contributed by atoms with Crippen LogP contribution in [0.5, 0.6) is 0 Å². The molecule has 2 N–H and O–H groups in total. The van der Waals surface area contributed by atoms with Crippen molar-refractivity contribution in [2.45, 2.75) is 43.5 Å². The van der Waals surface area contributed by atoms with Crippen LogP contribution in [0.1, 0.15) is 17.4 Å². The predicted octanol–water partition coefficient (Wildman–Crippen LogP) is 2.38. The van der Waals surface area contributed by atoms with Crippen LogP contribution in [0.4, 0.5) is 0 Å². The first kappa shape index (κ1) is 18.6. The first-order chi connectivity index (χ1) is 13.3. The zero-order valence-electron chi connectivity index (χ0n) is 15.3. The van der Waals surface area contributed by atoms with Crippen LogP contribution in [-0.4, -0.2) is 44.4 Å². The Morgan fingerprint density at radius 1 is 1.00 bits per heavy atom. The van der Waals surface area contributed by atoms with E-state index in [4.69, 9.17) is 29.4 Å². The molecule has 0 saturated carbocycles. The fraction of sp³-hybridized carbons (Fsp3) is 0.429. The van der Waals surface area contributed by atoms with Gasteiger partial charge in [0.25, 0.3) is 0 Å². The minimum atomic E-state index is -0.563. The maximum Gasteiger partial charge on any atom is 0.184 e. The maximum absolute atomic E-state index is 6.39. The molecule has 0 spiro atoms. The fourth-order valence-corrected chi connectivity index (χ4v) is 3.56. The highest BCUT2D eigenvalue weighted by Gasteiger charge is 2.49. The van der Waals surface area contributed by atoms with Crippen LogP contribution in [0.25, 0.3) is 0 Å². The van der Waals surface area contributed by atoms with Crippen molar-refractivity contribution < 1.29 is 23.7 Å². The fourth-order valence-electron chi connectivity index (χ4n) is 3.56. The molecular formula is C21H25NO5. The second-order valence-corrected chi connectivity index (χ2v) is 6.79. The Kier molecular flexibility index (Phi) is 5.83. The molecule has 2 heterocycles. The molecule has 2 aromatic rings. The summed E-state index contributed by atoms with van der Waals surface area (Å²) >= 11 is 0. The molecule has 0 aliphatic carbocycles. The SMILES string of the molecule is COC1OC2COC(c3ccccc3)OC2C(OCc2ccccc2)C1N. The highest BCUT2D eigenvalue weighted by Crippen LogP contribution is 2.35. The lowest BCUT2D eigenvalue weighted by molar-refractivity contribution is -0.344. The van der Waals surface area contributed by atoms with E-state index in [1.807, 2.05) is 60.7 Å². The first-order valence-corrected chi connectivity index (χ1v) is 9.17. The summed E-state index contributed by atoms with van der Waals surface area (Å²) in [4.78, 5) is 0. The number of nitrogens with two attached hydrogens (primary N) is 1. The number of methoxy groups -OCH3 is 1. The van der Waals surface area contributed by atoms with E-state index in [1.165, 1.54) is 0 Å². The number of rotatable bonds is 5. The molecular weight excluding hydrogens is 346 g/mol. The molecule has 2 fully saturated rings. The topological polar surface area (TPSA) is 72.2 Å². The van der Waals surface area contributed by atoms with E-state index in [2.05, 4.69) is 0 Å². The Morgan fingerprint density at radius 2 is 1.70 bits per heavy atom. The van der Waals surface area contributed by atoms with Crippen LogP contribution in [0.3, 0.4) is 0 Å². The van der Waals surface area contributed by atoms with Gasteiger partial charge in [0.05, 0.1) is 19.3 Å². The van der Waals surface area contributed by atoms with Gasteiger partial charge in [0, 0.05) is 12.7 Å². The smallest absolute Gasteiger partial charge is 0.184 e. The van der Waals surface area contributed by atoms with Gasteiger partial charge >= 0.3 is 0 Å². The Bertz CT molecular complexity index is 713. The van der Waals surface area contributed by atoms with Gasteiger partial charge in [0.15, 0.2) is 12.6 Å². The summed E-state index contributed by atoms with van der Waals surface area (Å²) in [5.41, 5.74) is 8.43. The van der Waals surface area contributed by atoms with Gasteiger partial charge in [0.2, 0.25) is 0 Å². The van der Waals surface area contributed by atoms with Crippen molar-refractivity contribution in [1.82, 2.24) is 0 Å². The number of hydrogen-bond acceptors (Lipinski definition) is 6. The zero-order valence-corrected chi connectivity index (χ0v) is 15.3. The standard InChI is InChI=1S/C21H25NO5/c1-23-21-17(22)19(24-12-14-8-4-2-5-9-14)18-16(26-21)13-25-20(27-18)15-10-6-3-7-11-15/h2-11,16-21H,12-13,22H2,1H3. The Hall–Kier alpha value is -1.80. The third-order valence-electron chi connectivity index (χ3n) is 4.97. The summed E-state index contributed by atoms with van der Waals surface area (Å²) in [6.45, 7) is 0.834. The Balaban J connectivity index is 1.51. The molecule has 0 aromatic heterocycles. The monoisotopic (exact) mass is 371 g/mol. The van der Waals surface area contributed by atoms with E-state index >= 15 is 0 Å². The van der Waals surface area contributed by atoms with Gasteiger partial charge in [-0.25, -0.2) is 0 Å². The van der Waals surface area contributed by atoms with Gasteiger partial charge in [0.1, 0.15) is 18.3 Å². The zero-order chi connectivity index (χ0) is 18.6. The van der Waals surface area contributed by atoms with Crippen molar-refractivity contribution in [1.29, 1.82) is 0 Å². The molecule has 4 rings (SSSR count). The van der Waals surface area contributed by atoms with E-state index in [0.717, 1.165) is 11.1 Å². The molecule has 2 aliphatic rings. The summed E-state index contributed by atoms with van der Waals surface area (Å²) < 4.78 is 29.7. The van der Waals surface area contributed by atoms with Crippen LogP contribution >= 0.6 is 0 Å². The lowest BCUT2D eigenvalue weighted by Gasteiger charge is -2.48. The molecule has 0 amide bonds.